The number of terminal acetylenes is 1. The van der Waals surface area contributed by atoms with E-state index in [9.17, 15) is 9.59 Å². The smallest absolute Gasteiger partial charge is 0.259 e. The number of amidine groups is 1. The van der Waals surface area contributed by atoms with E-state index in [4.69, 9.17) is 28.2 Å². The summed E-state index contributed by atoms with van der Waals surface area (Å²) in [5, 5.41) is 14.1. The molecule has 2 aromatic carbocycles. The molecular weight excluding hydrogens is 478 g/mol. The van der Waals surface area contributed by atoms with Crippen LogP contribution >= 0.6 is 11.6 Å². The van der Waals surface area contributed by atoms with Gasteiger partial charge in [0.05, 0.1) is 18.4 Å². The van der Waals surface area contributed by atoms with Crippen LogP contribution in [-0.2, 0) is 0 Å². The minimum Gasteiger partial charge on any atom is -0.494 e. The molecule has 8 nitrogen and oxygen atoms in total. The summed E-state index contributed by atoms with van der Waals surface area (Å²) in [4.78, 5) is 32.3. The molecule has 3 N–H and O–H groups in total. The number of carbonyl (C=O) groups is 2. The van der Waals surface area contributed by atoms with Crippen LogP contribution in [0.25, 0.3) is 0 Å². The second-order valence-electron chi connectivity index (χ2n) is 8.14. The number of rotatable bonds is 6. The molecule has 2 amide bonds. The van der Waals surface area contributed by atoms with Gasteiger partial charge < -0.3 is 20.3 Å². The number of nitrogens with zero attached hydrogens (tertiary/aromatic N) is 2. The molecule has 0 aliphatic carbocycles. The van der Waals surface area contributed by atoms with Crippen LogP contribution in [0.4, 0.5) is 11.5 Å². The minimum atomic E-state index is -0.540. The van der Waals surface area contributed by atoms with Crippen molar-refractivity contribution in [1.29, 1.82) is 5.41 Å². The molecule has 36 heavy (non-hydrogen) atoms. The van der Waals surface area contributed by atoms with Gasteiger partial charge in [0.1, 0.15) is 17.4 Å². The largest absolute Gasteiger partial charge is 0.494 e. The van der Waals surface area contributed by atoms with Crippen LogP contribution in [0.5, 0.6) is 5.75 Å². The minimum absolute atomic E-state index is 0.1000. The van der Waals surface area contributed by atoms with Crippen LogP contribution < -0.4 is 15.4 Å². The average molecular weight is 502 g/mol. The van der Waals surface area contributed by atoms with Crippen LogP contribution in [0, 0.1) is 17.8 Å². The summed E-state index contributed by atoms with van der Waals surface area (Å²) in [7, 11) is 1.42. The highest BCUT2D eigenvalue weighted by molar-refractivity contribution is 6.31. The summed E-state index contributed by atoms with van der Waals surface area (Å²) in [6.07, 6.45) is 8.96. The van der Waals surface area contributed by atoms with Crippen molar-refractivity contribution in [2.45, 2.75) is 12.8 Å². The number of likely N-dealkylation sites (tertiary alicyclic amines) is 1. The maximum atomic E-state index is 13.1. The van der Waals surface area contributed by atoms with E-state index in [2.05, 4.69) is 21.5 Å². The fourth-order valence-corrected chi connectivity index (χ4v) is 4.08. The van der Waals surface area contributed by atoms with Gasteiger partial charge >= 0.3 is 0 Å². The number of ether oxygens (including phenoxy) is 1. The number of anilines is 2. The molecule has 3 aromatic rings. The Morgan fingerprint density at radius 2 is 1.75 bits per heavy atom. The second kappa shape index (κ2) is 10.9. The Hall–Kier alpha value is -4.35. The predicted octanol–water partition coefficient (Wildman–Crippen LogP) is 4.65. The van der Waals surface area contributed by atoms with Crippen molar-refractivity contribution in [1.82, 2.24) is 9.88 Å². The zero-order chi connectivity index (χ0) is 25.7. The van der Waals surface area contributed by atoms with Crippen LogP contribution in [0.1, 0.15) is 44.7 Å². The van der Waals surface area contributed by atoms with Crippen molar-refractivity contribution < 1.29 is 14.3 Å². The summed E-state index contributed by atoms with van der Waals surface area (Å²) < 4.78 is 5.39. The number of aromatic nitrogens is 1. The summed E-state index contributed by atoms with van der Waals surface area (Å²) in [6, 6.07) is 13.0. The van der Waals surface area contributed by atoms with E-state index >= 15 is 0 Å². The maximum Gasteiger partial charge on any atom is 0.259 e. The van der Waals surface area contributed by atoms with Gasteiger partial charge in [-0.05, 0) is 43.2 Å². The fourth-order valence-electron chi connectivity index (χ4n) is 3.88. The lowest BCUT2D eigenvalue weighted by atomic mass is 10.1. The summed E-state index contributed by atoms with van der Waals surface area (Å²) in [6.45, 7) is 1.73. The highest BCUT2D eigenvalue weighted by Crippen LogP contribution is 2.33. The van der Waals surface area contributed by atoms with Crippen LogP contribution in [-0.4, -0.2) is 47.7 Å². The number of hydrogen-bond donors (Lipinski definition) is 3. The number of nitrogens with one attached hydrogen (secondary N) is 3. The van der Waals surface area contributed by atoms with E-state index in [0.717, 1.165) is 31.5 Å². The van der Waals surface area contributed by atoms with Gasteiger partial charge in [-0.2, -0.15) is 0 Å². The van der Waals surface area contributed by atoms with Gasteiger partial charge in [0, 0.05) is 47.1 Å². The van der Waals surface area contributed by atoms with Gasteiger partial charge in [0.25, 0.3) is 11.8 Å². The van der Waals surface area contributed by atoms with Crippen LogP contribution in [0.15, 0.2) is 54.7 Å². The lowest BCUT2D eigenvalue weighted by molar-refractivity contribution is 0.102. The Bertz CT molecular complexity index is 1340. The molecule has 9 heteroatoms. The predicted molar refractivity (Wildman–Crippen MR) is 140 cm³/mol. The lowest BCUT2D eigenvalue weighted by Gasteiger charge is -2.19. The first kappa shape index (κ1) is 24.8. The Kier molecular flexibility index (Phi) is 7.52. The molecule has 0 spiro atoms. The molecular formula is C27H24ClN5O3. The number of methoxy groups -OCH3 is 1. The quantitative estimate of drug-likeness (QED) is 0.259. The highest BCUT2D eigenvalue weighted by atomic mass is 35.5. The van der Waals surface area contributed by atoms with Crippen LogP contribution in [0.3, 0.4) is 0 Å². The number of hydrogen-bond acceptors (Lipinski definition) is 5. The van der Waals surface area contributed by atoms with Gasteiger partial charge in [-0.1, -0.05) is 29.7 Å². The number of amides is 2. The molecule has 4 rings (SSSR count). The normalized spacial score (nSPS) is 12.5. The standard InChI is InChI=1S/C27H24ClN5O3/c1-3-17-6-11-23(30-16-17)31-27(35)21-14-20(28)15-22(36-2)24(21)32-26(34)19-9-7-18(8-10-19)25(29)33-12-4-5-13-33/h1,6-11,14-16,29H,4-5,12-13H2,2H3,(H,32,34)(H,30,31,35). The molecule has 1 aliphatic rings. The third-order valence-corrected chi connectivity index (χ3v) is 6.00. The summed E-state index contributed by atoms with van der Waals surface area (Å²) in [5.41, 5.74) is 1.94. The van der Waals surface area contributed by atoms with Gasteiger partial charge in [-0.15, -0.1) is 6.42 Å². The van der Waals surface area contributed by atoms with E-state index in [1.165, 1.54) is 25.4 Å². The van der Waals surface area contributed by atoms with Crippen molar-refractivity contribution in [3.8, 4) is 18.1 Å². The van der Waals surface area contributed by atoms with Crippen molar-refractivity contribution >= 4 is 40.8 Å². The Morgan fingerprint density at radius 3 is 2.36 bits per heavy atom. The third-order valence-electron chi connectivity index (χ3n) is 5.78. The third kappa shape index (κ3) is 5.48. The molecule has 2 heterocycles. The molecule has 1 aromatic heterocycles. The molecule has 0 atom stereocenters. The summed E-state index contributed by atoms with van der Waals surface area (Å²) in [5.74, 6) is 2.43. The monoisotopic (exact) mass is 501 g/mol. The molecule has 1 saturated heterocycles. The lowest BCUT2D eigenvalue weighted by Crippen LogP contribution is -2.27. The first-order chi connectivity index (χ1) is 17.4. The van der Waals surface area contributed by atoms with Crippen molar-refractivity contribution in [3.05, 3.63) is 82.0 Å². The van der Waals surface area contributed by atoms with Crippen molar-refractivity contribution in [2.75, 3.05) is 30.8 Å². The van der Waals surface area contributed by atoms with E-state index in [1.807, 2.05) is 4.90 Å². The molecule has 1 fully saturated rings. The van der Waals surface area contributed by atoms with Gasteiger partial charge in [-0.3, -0.25) is 15.0 Å². The Balaban J connectivity index is 1.56. The number of carbonyl (C=O) groups excluding carboxylic acids is 2. The first-order valence-electron chi connectivity index (χ1n) is 11.3. The number of benzene rings is 2. The molecule has 0 unspecified atom stereocenters. The maximum absolute atomic E-state index is 13.1. The highest BCUT2D eigenvalue weighted by Gasteiger charge is 2.21. The number of halogens is 1. The SMILES string of the molecule is C#Cc1ccc(NC(=O)c2cc(Cl)cc(OC)c2NC(=O)c2ccc(C(=N)N3CCCC3)cc2)nc1. The Labute approximate surface area is 214 Å². The zero-order valence-corrected chi connectivity index (χ0v) is 20.4. The van der Waals surface area contributed by atoms with E-state index in [1.54, 1.807) is 36.4 Å². The summed E-state index contributed by atoms with van der Waals surface area (Å²) >= 11 is 6.21. The Morgan fingerprint density at radius 1 is 1.06 bits per heavy atom. The van der Waals surface area contributed by atoms with Crippen LogP contribution in [0.2, 0.25) is 5.02 Å². The average Bonchev–Trinajstić information content (AvgIpc) is 3.44. The molecule has 182 valence electrons. The molecule has 0 radical (unpaired) electrons. The second-order valence-corrected chi connectivity index (χ2v) is 8.57. The number of pyridine rings is 1. The molecule has 1 aliphatic heterocycles. The van der Waals surface area contributed by atoms with Gasteiger partial charge in [0.2, 0.25) is 0 Å². The van der Waals surface area contributed by atoms with E-state index in [-0.39, 0.29) is 27.8 Å². The molecule has 0 saturated carbocycles. The first-order valence-corrected chi connectivity index (χ1v) is 11.6. The molecule has 0 bridgehead atoms. The topological polar surface area (TPSA) is 107 Å². The zero-order valence-electron chi connectivity index (χ0n) is 19.6. The fraction of sp³-hybridized carbons (Fsp3) is 0.185. The van der Waals surface area contributed by atoms with Gasteiger partial charge in [0.15, 0.2) is 0 Å². The van der Waals surface area contributed by atoms with Crippen molar-refractivity contribution in [3.63, 3.8) is 0 Å². The van der Waals surface area contributed by atoms with E-state index in [0.29, 0.717) is 17.0 Å². The van der Waals surface area contributed by atoms with Crippen molar-refractivity contribution in [2.24, 2.45) is 0 Å². The van der Waals surface area contributed by atoms with Gasteiger partial charge in [-0.25, -0.2) is 4.98 Å². The van der Waals surface area contributed by atoms with E-state index < -0.39 is 11.8 Å².